The van der Waals surface area contributed by atoms with Crippen molar-refractivity contribution in [2.24, 2.45) is 5.92 Å². The van der Waals surface area contributed by atoms with Gasteiger partial charge in [-0.25, -0.2) is 0 Å². The summed E-state index contributed by atoms with van der Waals surface area (Å²) >= 11 is 0. The lowest BCUT2D eigenvalue weighted by Gasteiger charge is -2.19. The number of carbonyl (C=O) groups is 3. The molecule has 152 valence electrons. The molecule has 2 aliphatic rings. The fourth-order valence-electron chi connectivity index (χ4n) is 3.52. The molecule has 3 N–H and O–H groups in total. The van der Waals surface area contributed by atoms with Crippen LogP contribution in [0, 0.1) is 5.92 Å². The van der Waals surface area contributed by atoms with Gasteiger partial charge in [0.05, 0.1) is 19.0 Å². The van der Waals surface area contributed by atoms with Gasteiger partial charge in [0.15, 0.2) is 5.78 Å². The summed E-state index contributed by atoms with van der Waals surface area (Å²) in [5.41, 5.74) is 1.10. The molecule has 1 aliphatic carbocycles. The second-order valence-electron chi connectivity index (χ2n) is 7.62. The third kappa shape index (κ3) is 5.79. The molecule has 0 radical (unpaired) electrons. The number of carbonyl (C=O) groups excluding carboxylic acids is 3. The standard InChI is InChI=1S/C21H29N3O4/c1-14-8-9-22-20(27)13-24-19(26)12-17(25)21(15-6-7-15)23-10-11-28-18-5-3-2-4-16(14)18/h2-5,14-15,21,23H,6-13H2,1H3,(H,22,27)(H,24,26). The zero-order valence-corrected chi connectivity index (χ0v) is 16.3. The van der Waals surface area contributed by atoms with E-state index in [1.54, 1.807) is 0 Å². The summed E-state index contributed by atoms with van der Waals surface area (Å²) in [6, 6.07) is 7.59. The lowest BCUT2D eigenvalue weighted by molar-refractivity contribution is -0.131. The summed E-state index contributed by atoms with van der Waals surface area (Å²) in [4.78, 5) is 36.5. The Morgan fingerprint density at radius 3 is 2.54 bits per heavy atom. The van der Waals surface area contributed by atoms with Crippen molar-refractivity contribution in [1.82, 2.24) is 16.0 Å². The van der Waals surface area contributed by atoms with E-state index in [-0.39, 0.29) is 42.5 Å². The predicted octanol–water partition coefficient (Wildman–Crippen LogP) is 1.13. The Labute approximate surface area is 165 Å². The lowest BCUT2D eigenvalue weighted by atomic mass is 9.97. The molecule has 0 aromatic heterocycles. The van der Waals surface area contributed by atoms with Crippen LogP contribution in [0.15, 0.2) is 24.3 Å². The van der Waals surface area contributed by atoms with Crippen molar-refractivity contribution in [3.8, 4) is 5.75 Å². The van der Waals surface area contributed by atoms with Crippen LogP contribution in [0.3, 0.4) is 0 Å². The summed E-state index contributed by atoms with van der Waals surface area (Å²) in [6.45, 7) is 3.49. The van der Waals surface area contributed by atoms with Crippen molar-refractivity contribution < 1.29 is 19.1 Å². The van der Waals surface area contributed by atoms with Gasteiger partial charge in [-0.2, -0.15) is 0 Å². The van der Waals surface area contributed by atoms with E-state index in [2.05, 4.69) is 22.9 Å². The average Bonchev–Trinajstić information content (AvgIpc) is 3.50. The molecule has 1 fully saturated rings. The van der Waals surface area contributed by atoms with Crippen molar-refractivity contribution >= 4 is 17.6 Å². The van der Waals surface area contributed by atoms with Gasteiger partial charge in [0.1, 0.15) is 12.4 Å². The molecule has 0 bridgehead atoms. The van der Waals surface area contributed by atoms with Crippen LogP contribution < -0.4 is 20.7 Å². The quantitative estimate of drug-likeness (QED) is 0.628. The minimum Gasteiger partial charge on any atom is -0.492 e. The molecule has 0 saturated heterocycles. The Bertz CT molecular complexity index is 717. The monoisotopic (exact) mass is 387 g/mol. The highest BCUT2D eigenvalue weighted by molar-refractivity contribution is 6.01. The number of ether oxygens (including phenoxy) is 1. The smallest absolute Gasteiger partial charge is 0.239 e. The zero-order valence-electron chi connectivity index (χ0n) is 16.3. The molecule has 7 heteroatoms. The van der Waals surface area contributed by atoms with Crippen LogP contribution in [-0.4, -0.2) is 49.9 Å². The van der Waals surface area contributed by atoms with Crippen molar-refractivity contribution in [2.75, 3.05) is 26.2 Å². The Morgan fingerprint density at radius 2 is 1.75 bits per heavy atom. The van der Waals surface area contributed by atoms with E-state index in [1.807, 2.05) is 24.3 Å². The highest BCUT2D eigenvalue weighted by atomic mass is 16.5. The normalized spacial score (nSPS) is 25.7. The van der Waals surface area contributed by atoms with Gasteiger partial charge in [0.25, 0.3) is 0 Å². The van der Waals surface area contributed by atoms with E-state index >= 15 is 0 Å². The zero-order chi connectivity index (χ0) is 19.9. The summed E-state index contributed by atoms with van der Waals surface area (Å²) in [5.74, 6) is 0.554. The maximum absolute atomic E-state index is 12.5. The van der Waals surface area contributed by atoms with Crippen LogP contribution in [-0.2, 0) is 14.4 Å². The number of hydrogen-bond acceptors (Lipinski definition) is 5. The van der Waals surface area contributed by atoms with Gasteiger partial charge in [-0.15, -0.1) is 0 Å². The number of Topliss-reactive ketones (excluding diaryl/α,β-unsaturated/α-hetero) is 1. The molecular formula is C21H29N3O4. The van der Waals surface area contributed by atoms with E-state index < -0.39 is 5.91 Å². The lowest BCUT2D eigenvalue weighted by Crippen LogP contribution is -2.44. The first kappa shape index (κ1) is 20.3. The van der Waals surface area contributed by atoms with Crippen molar-refractivity contribution in [3.05, 3.63) is 29.8 Å². The first-order chi connectivity index (χ1) is 13.5. The molecule has 28 heavy (non-hydrogen) atoms. The Kier molecular flexibility index (Phi) is 7.03. The predicted molar refractivity (Wildman–Crippen MR) is 105 cm³/mol. The Morgan fingerprint density at radius 1 is 0.964 bits per heavy atom. The van der Waals surface area contributed by atoms with E-state index in [1.165, 1.54) is 0 Å². The molecular weight excluding hydrogens is 358 g/mol. The van der Waals surface area contributed by atoms with Gasteiger partial charge in [0.2, 0.25) is 11.8 Å². The number of benzene rings is 1. The number of hydrogen-bond donors (Lipinski definition) is 3. The molecule has 1 aliphatic heterocycles. The van der Waals surface area contributed by atoms with E-state index in [4.69, 9.17) is 4.74 Å². The van der Waals surface area contributed by atoms with Crippen LogP contribution in [0.5, 0.6) is 5.75 Å². The summed E-state index contributed by atoms with van der Waals surface area (Å²) in [5, 5.41) is 8.62. The fourth-order valence-corrected chi connectivity index (χ4v) is 3.52. The SMILES string of the molecule is CC1CCNC(=O)CNC(=O)CC(=O)C(C2CC2)NCCOc2ccccc21. The maximum atomic E-state index is 12.5. The first-order valence-electron chi connectivity index (χ1n) is 10.1. The third-order valence-electron chi connectivity index (χ3n) is 5.29. The molecule has 1 aromatic carbocycles. The van der Waals surface area contributed by atoms with Crippen LogP contribution >= 0.6 is 0 Å². The molecule has 2 unspecified atom stereocenters. The van der Waals surface area contributed by atoms with Crippen LogP contribution in [0.1, 0.15) is 44.1 Å². The molecule has 2 atom stereocenters. The minimum absolute atomic E-state index is 0.109. The maximum Gasteiger partial charge on any atom is 0.239 e. The van der Waals surface area contributed by atoms with Crippen molar-refractivity contribution in [3.63, 3.8) is 0 Å². The average molecular weight is 387 g/mol. The Balaban J connectivity index is 1.69. The summed E-state index contributed by atoms with van der Waals surface area (Å²) in [7, 11) is 0. The molecule has 0 spiro atoms. The number of amides is 2. The van der Waals surface area contributed by atoms with Crippen LogP contribution in [0.2, 0.25) is 0 Å². The third-order valence-corrected chi connectivity index (χ3v) is 5.29. The first-order valence-corrected chi connectivity index (χ1v) is 10.1. The second-order valence-corrected chi connectivity index (χ2v) is 7.62. The topological polar surface area (TPSA) is 96.5 Å². The van der Waals surface area contributed by atoms with Gasteiger partial charge in [-0.1, -0.05) is 25.1 Å². The summed E-state index contributed by atoms with van der Waals surface area (Å²) < 4.78 is 5.97. The van der Waals surface area contributed by atoms with Gasteiger partial charge >= 0.3 is 0 Å². The highest BCUT2D eigenvalue weighted by Gasteiger charge is 2.36. The van der Waals surface area contributed by atoms with Gasteiger partial charge in [0, 0.05) is 13.1 Å². The van der Waals surface area contributed by atoms with Gasteiger partial charge in [-0.05, 0) is 42.7 Å². The van der Waals surface area contributed by atoms with Crippen molar-refractivity contribution in [1.29, 1.82) is 0 Å². The Hall–Kier alpha value is -2.41. The van der Waals surface area contributed by atoms with Crippen LogP contribution in [0.4, 0.5) is 0 Å². The molecule has 1 saturated carbocycles. The fraction of sp³-hybridized carbons (Fsp3) is 0.571. The largest absolute Gasteiger partial charge is 0.492 e. The molecule has 2 amide bonds. The molecule has 7 nitrogen and oxygen atoms in total. The number of fused-ring (bicyclic) bond motifs is 1. The van der Waals surface area contributed by atoms with Gasteiger partial charge in [-0.3, -0.25) is 14.4 Å². The van der Waals surface area contributed by atoms with Crippen molar-refractivity contribution in [2.45, 2.75) is 44.6 Å². The second kappa shape index (κ2) is 9.68. The van der Waals surface area contributed by atoms with Crippen LogP contribution in [0.25, 0.3) is 0 Å². The number of rotatable bonds is 1. The molecule has 1 heterocycles. The minimum atomic E-state index is -0.408. The number of ketones is 1. The number of para-hydroxylation sites is 1. The summed E-state index contributed by atoms with van der Waals surface area (Å²) in [6.07, 6.45) is 2.55. The molecule has 1 aromatic rings. The van der Waals surface area contributed by atoms with E-state index in [0.717, 1.165) is 30.6 Å². The number of nitrogens with one attached hydrogen (secondary N) is 3. The molecule has 3 rings (SSSR count). The van der Waals surface area contributed by atoms with E-state index in [0.29, 0.717) is 19.7 Å². The van der Waals surface area contributed by atoms with E-state index in [9.17, 15) is 14.4 Å². The van der Waals surface area contributed by atoms with Gasteiger partial charge < -0.3 is 20.7 Å². The highest BCUT2D eigenvalue weighted by Crippen LogP contribution is 2.33.